The van der Waals surface area contributed by atoms with Crippen molar-refractivity contribution in [2.45, 2.75) is 13.0 Å². The number of nitrogens with zero attached hydrogens (tertiary/aromatic N) is 4. The number of hydrogen-bond donors (Lipinski definition) is 1. The van der Waals surface area contributed by atoms with Gasteiger partial charge in [-0.15, -0.1) is 0 Å². The lowest BCUT2D eigenvalue weighted by atomic mass is 10.0. The van der Waals surface area contributed by atoms with Gasteiger partial charge in [-0.05, 0) is 37.7 Å². The molecule has 6 heteroatoms. The molecule has 0 atom stereocenters. The van der Waals surface area contributed by atoms with Gasteiger partial charge >= 0.3 is 0 Å². The van der Waals surface area contributed by atoms with Crippen LogP contribution in [0.3, 0.4) is 0 Å². The van der Waals surface area contributed by atoms with Crippen LogP contribution in [0.25, 0.3) is 0 Å². The lowest BCUT2D eigenvalue weighted by Gasteiger charge is -2.28. The Labute approximate surface area is 142 Å². The number of hydrogen-bond acceptors (Lipinski definition) is 5. The Morgan fingerprint density at radius 3 is 2.83 bits per heavy atom. The Morgan fingerprint density at radius 2 is 2.04 bits per heavy atom. The zero-order valence-electron chi connectivity index (χ0n) is 14.2. The average molecular weight is 325 g/mol. The minimum atomic E-state index is -0.155. The first-order chi connectivity index (χ1) is 11.6. The Balaban J connectivity index is 1.68. The van der Waals surface area contributed by atoms with E-state index in [2.05, 4.69) is 44.5 Å². The van der Waals surface area contributed by atoms with Crippen LogP contribution in [0.2, 0.25) is 0 Å². The number of rotatable bonds is 5. The molecule has 3 rings (SSSR count). The van der Waals surface area contributed by atoms with E-state index in [1.165, 1.54) is 11.1 Å². The normalized spacial score (nSPS) is 13.7. The summed E-state index contributed by atoms with van der Waals surface area (Å²) in [6, 6.07) is 10.1. The first-order valence-corrected chi connectivity index (χ1v) is 8.21. The molecular formula is C18H23N5O. The van der Waals surface area contributed by atoms with Gasteiger partial charge in [0, 0.05) is 32.4 Å². The summed E-state index contributed by atoms with van der Waals surface area (Å²) >= 11 is 0. The summed E-state index contributed by atoms with van der Waals surface area (Å²) in [4.78, 5) is 25.2. The summed E-state index contributed by atoms with van der Waals surface area (Å²) < 4.78 is 0. The van der Waals surface area contributed by atoms with E-state index in [1.807, 2.05) is 19.0 Å². The molecule has 1 aliphatic heterocycles. The molecule has 0 bridgehead atoms. The zero-order chi connectivity index (χ0) is 16.9. The Morgan fingerprint density at radius 1 is 1.25 bits per heavy atom. The Hall–Kier alpha value is -2.47. The number of amides is 1. The van der Waals surface area contributed by atoms with E-state index >= 15 is 0 Å². The largest absolute Gasteiger partial charge is 0.349 e. The minimum Gasteiger partial charge on any atom is -0.349 e. The van der Waals surface area contributed by atoms with Crippen molar-refractivity contribution in [3.63, 3.8) is 0 Å². The quantitative estimate of drug-likeness (QED) is 0.899. The van der Waals surface area contributed by atoms with Crippen LogP contribution in [-0.4, -0.2) is 54.5 Å². The van der Waals surface area contributed by atoms with Gasteiger partial charge in [0.1, 0.15) is 5.69 Å². The van der Waals surface area contributed by atoms with Gasteiger partial charge in [-0.1, -0.05) is 24.3 Å². The van der Waals surface area contributed by atoms with Crippen LogP contribution in [0.1, 0.15) is 21.6 Å². The van der Waals surface area contributed by atoms with Crippen LogP contribution < -0.4 is 10.2 Å². The summed E-state index contributed by atoms with van der Waals surface area (Å²) in [5, 5.41) is 2.89. The summed E-state index contributed by atoms with van der Waals surface area (Å²) in [6.07, 6.45) is 2.63. The second-order valence-corrected chi connectivity index (χ2v) is 6.24. The second kappa shape index (κ2) is 7.40. The van der Waals surface area contributed by atoms with Gasteiger partial charge < -0.3 is 15.1 Å². The van der Waals surface area contributed by atoms with Crippen molar-refractivity contribution in [1.29, 1.82) is 0 Å². The molecule has 6 nitrogen and oxygen atoms in total. The second-order valence-electron chi connectivity index (χ2n) is 6.24. The molecule has 0 fully saturated rings. The van der Waals surface area contributed by atoms with Crippen molar-refractivity contribution in [3.05, 3.63) is 53.3 Å². The first-order valence-electron chi connectivity index (χ1n) is 8.21. The fourth-order valence-corrected chi connectivity index (χ4v) is 2.78. The fourth-order valence-electron chi connectivity index (χ4n) is 2.78. The highest BCUT2D eigenvalue weighted by Gasteiger charge is 2.19. The van der Waals surface area contributed by atoms with Crippen LogP contribution in [0.4, 0.5) is 5.95 Å². The van der Waals surface area contributed by atoms with Gasteiger partial charge in [0.2, 0.25) is 5.95 Å². The van der Waals surface area contributed by atoms with Gasteiger partial charge in [-0.2, -0.15) is 0 Å². The molecule has 0 unspecified atom stereocenters. The minimum absolute atomic E-state index is 0.155. The number of likely N-dealkylation sites (N-methyl/N-ethyl adjacent to an activating group) is 1. The molecule has 0 saturated heterocycles. The fraction of sp³-hybridized carbons (Fsp3) is 0.389. The van der Waals surface area contributed by atoms with E-state index < -0.39 is 0 Å². The number of nitrogens with one attached hydrogen (secondary N) is 1. The summed E-state index contributed by atoms with van der Waals surface area (Å²) in [7, 11) is 3.95. The first kappa shape index (κ1) is 16.4. The topological polar surface area (TPSA) is 61.4 Å². The van der Waals surface area contributed by atoms with Crippen molar-refractivity contribution in [2.24, 2.45) is 0 Å². The van der Waals surface area contributed by atoms with Gasteiger partial charge in [0.15, 0.2) is 0 Å². The monoisotopic (exact) mass is 325 g/mol. The third kappa shape index (κ3) is 3.89. The molecule has 1 N–H and O–H groups in total. The molecule has 126 valence electrons. The van der Waals surface area contributed by atoms with E-state index in [-0.39, 0.29) is 5.91 Å². The number of benzene rings is 1. The van der Waals surface area contributed by atoms with Gasteiger partial charge in [0.25, 0.3) is 5.91 Å². The van der Waals surface area contributed by atoms with Crippen LogP contribution >= 0.6 is 0 Å². The van der Waals surface area contributed by atoms with E-state index in [1.54, 1.807) is 12.3 Å². The zero-order valence-corrected chi connectivity index (χ0v) is 14.2. The van der Waals surface area contributed by atoms with Crippen molar-refractivity contribution in [1.82, 2.24) is 20.2 Å². The van der Waals surface area contributed by atoms with Gasteiger partial charge in [0.05, 0.1) is 0 Å². The number of carbonyl (C=O) groups excluding carboxylic acids is 1. The smallest absolute Gasteiger partial charge is 0.270 e. The Bertz CT molecular complexity index is 716. The number of anilines is 1. The van der Waals surface area contributed by atoms with Crippen molar-refractivity contribution in [3.8, 4) is 0 Å². The average Bonchev–Trinajstić information content (AvgIpc) is 2.61. The molecule has 0 saturated carbocycles. The molecule has 1 aromatic heterocycles. The van der Waals surface area contributed by atoms with E-state index in [4.69, 9.17) is 0 Å². The molecule has 24 heavy (non-hydrogen) atoms. The summed E-state index contributed by atoms with van der Waals surface area (Å²) in [6.45, 7) is 3.04. The highest BCUT2D eigenvalue weighted by molar-refractivity contribution is 5.92. The van der Waals surface area contributed by atoms with E-state index in [0.29, 0.717) is 18.2 Å². The lowest BCUT2D eigenvalue weighted by Crippen LogP contribution is -2.34. The molecule has 1 aliphatic rings. The third-order valence-corrected chi connectivity index (χ3v) is 4.13. The molecule has 0 aliphatic carbocycles. The Kier molecular flexibility index (Phi) is 5.05. The predicted octanol–water partition coefficient (Wildman–Crippen LogP) is 1.33. The SMILES string of the molecule is CN(C)CCNC(=O)c1ccnc(N2CCc3ccccc3C2)n1. The van der Waals surface area contributed by atoms with Gasteiger partial charge in [-0.25, -0.2) is 9.97 Å². The molecular weight excluding hydrogens is 302 g/mol. The van der Waals surface area contributed by atoms with Crippen LogP contribution in [-0.2, 0) is 13.0 Å². The summed E-state index contributed by atoms with van der Waals surface area (Å²) in [5.41, 5.74) is 3.09. The van der Waals surface area contributed by atoms with Crippen molar-refractivity contribution >= 4 is 11.9 Å². The number of aromatic nitrogens is 2. The van der Waals surface area contributed by atoms with Crippen molar-refractivity contribution in [2.75, 3.05) is 38.6 Å². The molecule has 1 amide bonds. The molecule has 0 spiro atoms. The lowest BCUT2D eigenvalue weighted by molar-refractivity contribution is 0.0946. The van der Waals surface area contributed by atoms with E-state index in [9.17, 15) is 4.79 Å². The van der Waals surface area contributed by atoms with Crippen LogP contribution in [0.5, 0.6) is 0 Å². The van der Waals surface area contributed by atoms with Gasteiger partial charge in [-0.3, -0.25) is 4.79 Å². The predicted molar refractivity (Wildman–Crippen MR) is 94.1 cm³/mol. The van der Waals surface area contributed by atoms with Crippen LogP contribution in [0, 0.1) is 0 Å². The molecule has 2 heterocycles. The van der Waals surface area contributed by atoms with Crippen LogP contribution in [0.15, 0.2) is 36.5 Å². The van der Waals surface area contributed by atoms with Crippen molar-refractivity contribution < 1.29 is 4.79 Å². The maximum Gasteiger partial charge on any atom is 0.270 e. The molecule has 2 aromatic rings. The number of fused-ring (bicyclic) bond motifs is 1. The molecule has 0 radical (unpaired) electrons. The number of carbonyl (C=O) groups is 1. The summed E-state index contributed by atoms with van der Waals surface area (Å²) in [5.74, 6) is 0.461. The highest BCUT2D eigenvalue weighted by atomic mass is 16.1. The third-order valence-electron chi connectivity index (χ3n) is 4.13. The maximum atomic E-state index is 12.2. The maximum absolute atomic E-state index is 12.2. The molecule has 1 aromatic carbocycles. The van der Waals surface area contributed by atoms with E-state index in [0.717, 1.165) is 26.1 Å². The highest BCUT2D eigenvalue weighted by Crippen LogP contribution is 2.21. The standard InChI is InChI=1S/C18H23N5O/c1-22(2)12-10-19-17(24)16-7-9-20-18(21-16)23-11-8-14-5-3-4-6-15(14)13-23/h3-7,9H,8,10-13H2,1-2H3,(H,19,24).